The average Bonchev–Trinajstić information content (AvgIpc) is 2.82. The van der Waals surface area contributed by atoms with E-state index < -0.39 is 0 Å². The summed E-state index contributed by atoms with van der Waals surface area (Å²) in [4.78, 5) is 0. The number of benzene rings is 1. The first-order valence-electron chi connectivity index (χ1n) is 6.16. The van der Waals surface area contributed by atoms with Gasteiger partial charge in [0.1, 0.15) is 5.76 Å². The highest BCUT2D eigenvalue weighted by Crippen LogP contribution is 2.13. The third-order valence-electron chi connectivity index (χ3n) is 2.86. The number of hydrogen-bond donors (Lipinski definition) is 1. The molecule has 1 unspecified atom stereocenters. The summed E-state index contributed by atoms with van der Waals surface area (Å²) in [7, 11) is 0. The third kappa shape index (κ3) is 3.38. The molecule has 1 heterocycles. The van der Waals surface area contributed by atoms with E-state index in [0.29, 0.717) is 6.04 Å². The van der Waals surface area contributed by atoms with Gasteiger partial charge in [-0.05, 0) is 43.2 Å². The fourth-order valence-electron chi connectivity index (χ4n) is 1.90. The second-order valence-electron chi connectivity index (χ2n) is 4.38. The Morgan fingerprint density at radius 2 is 1.94 bits per heavy atom. The van der Waals surface area contributed by atoms with Crippen molar-refractivity contribution < 1.29 is 4.42 Å². The first-order valence-corrected chi connectivity index (χ1v) is 6.16. The lowest BCUT2D eigenvalue weighted by Gasteiger charge is -2.14. The fraction of sp³-hybridized carbons (Fsp3) is 0.333. The van der Waals surface area contributed by atoms with Crippen molar-refractivity contribution in [2.75, 3.05) is 5.32 Å². The van der Waals surface area contributed by atoms with E-state index in [1.807, 2.05) is 12.1 Å². The van der Waals surface area contributed by atoms with Crippen LogP contribution < -0.4 is 5.32 Å². The maximum atomic E-state index is 5.34. The van der Waals surface area contributed by atoms with Gasteiger partial charge in [-0.15, -0.1) is 0 Å². The van der Waals surface area contributed by atoms with Crippen LogP contribution in [0.2, 0.25) is 0 Å². The Hall–Kier alpha value is -1.70. The molecule has 2 heteroatoms. The highest BCUT2D eigenvalue weighted by atomic mass is 16.3. The molecule has 90 valence electrons. The van der Waals surface area contributed by atoms with E-state index in [2.05, 4.69) is 43.4 Å². The van der Waals surface area contributed by atoms with E-state index in [9.17, 15) is 0 Å². The van der Waals surface area contributed by atoms with Crippen LogP contribution >= 0.6 is 0 Å². The second kappa shape index (κ2) is 5.58. The summed E-state index contributed by atoms with van der Waals surface area (Å²) in [6, 6.07) is 12.9. The molecular formula is C15H19NO. The highest BCUT2D eigenvalue weighted by Gasteiger charge is 2.05. The lowest BCUT2D eigenvalue weighted by atomic mass is 10.1. The molecule has 0 bridgehead atoms. The molecule has 1 aromatic heterocycles. The minimum atomic E-state index is 0.369. The summed E-state index contributed by atoms with van der Waals surface area (Å²) in [5.41, 5.74) is 2.54. The monoisotopic (exact) mass is 229 g/mol. The SMILES string of the molecule is CCc1ccc(NC(C)Cc2ccco2)cc1. The van der Waals surface area contributed by atoms with E-state index in [1.165, 1.54) is 11.3 Å². The maximum Gasteiger partial charge on any atom is 0.105 e. The quantitative estimate of drug-likeness (QED) is 0.841. The van der Waals surface area contributed by atoms with Crippen LogP contribution in [0, 0.1) is 0 Å². The summed E-state index contributed by atoms with van der Waals surface area (Å²) in [6.07, 6.45) is 3.71. The predicted molar refractivity (Wildman–Crippen MR) is 71.3 cm³/mol. The minimum Gasteiger partial charge on any atom is -0.469 e. The molecule has 0 saturated carbocycles. The molecule has 2 nitrogen and oxygen atoms in total. The van der Waals surface area contributed by atoms with Gasteiger partial charge >= 0.3 is 0 Å². The fourth-order valence-corrected chi connectivity index (χ4v) is 1.90. The van der Waals surface area contributed by atoms with Crippen molar-refractivity contribution in [3.8, 4) is 0 Å². The average molecular weight is 229 g/mol. The van der Waals surface area contributed by atoms with Crippen molar-refractivity contribution >= 4 is 5.69 Å². The lowest BCUT2D eigenvalue weighted by molar-refractivity contribution is 0.498. The zero-order valence-electron chi connectivity index (χ0n) is 10.4. The molecule has 1 aromatic carbocycles. The Morgan fingerprint density at radius 3 is 2.53 bits per heavy atom. The van der Waals surface area contributed by atoms with Crippen molar-refractivity contribution in [2.24, 2.45) is 0 Å². The van der Waals surface area contributed by atoms with Gasteiger partial charge in [-0.2, -0.15) is 0 Å². The number of aryl methyl sites for hydroxylation is 1. The first-order chi connectivity index (χ1) is 8.28. The molecule has 1 atom stereocenters. The molecular weight excluding hydrogens is 210 g/mol. The Balaban J connectivity index is 1.91. The molecule has 0 saturated heterocycles. The van der Waals surface area contributed by atoms with Crippen LogP contribution in [0.1, 0.15) is 25.2 Å². The normalized spacial score (nSPS) is 12.4. The molecule has 0 spiro atoms. The van der Waals surface area contributed by atoms with E-state index >= 15 is 0 Å². The molecule has 17 heavy (non-hydrogen) atoms. The Labute approximate surface area is 103 Å². The lowest BCUT2D eigenvalue weighted by Crippen LogP contribution is -2.17. The number of anilines is 1. The highest BCUT2D eigenvalue weighted by molar-refractivity contribution is 5.45. The molecule has 1 N–H and O–H groups in total. The van der Waals surface area contributed by atoms with Gasteiger partial charge in [0.25, 0.3) is 0 Å². The third-order valence-corrected chi connectivity index (χ3v) is 2.86. The standard InChI is InChI=1S/C15H19NO/c1-3-13-6-8-14(9-7-13)16-12(2)11-15-5-4-10-17-15/h4-10,12,16H,3,11H2,1-2H3. The zero-order valence-corrected chi connectivity index (χ0v) is 10.4. The van der Waals surface area contributed by atoms with E-state index in [1.54, 1.807) is 6.26 Å². The van der Waals surface area contributed by atoms with Crippen LogP contribution in [0.15, 0.2) is 47.1 Å². The van der Waals surface area contributed by atoms with E-state index in [4.69, 9.17) is 4.42 Å². The van der Waals surface area contributed by atoms with Crippen LogP contribution in [0.3, 0.4) is 0 Å². The van der Waals surface area contributed by atoms with Crippen LogP contribution in [0.5, 0.6) is 0 Å². The summed E-state index contributed by atoms with van der Waals surface area (Å²) in [5.74, 6) is 1.02. The van der Waals surface area contributed by atoms with Crippen molar-refractivity contribution in [2.45, 2.75) is 32.7 Å². The summed E-state index contributed by atoms with van der Waals surface area (Å²) >= 11 is 0. The van der Waals surface area contributed by atoms with Gasteiger partial charge in [0.15, 0.2) is 0 Å². The number of hydrogen-bond acceptors (Lipinski definition) is 2. The van der Waals surface area contributed by atoms with Crippen molar-refractivity contribution in [1.29, 1.82) is 0 Å². The first kappa shape index (κ1) is 11.8. The van der Waals surface area contributed by atoms with Crippen molar-refractivity contribution in [3.63, 3.8) is 0 Å². The molecule has 0 aliphatic heterocycles. The van der Waals surface area contributed by atoms with E-state index in [0.717, 1.165) is 18.6 Å². The van der Waals surface area contributed by atoms with E-state index in [-0.39, 0.29) is 0 Å². The van der Waals surface area contributed by atoms with Crippen LogP contribution in [0.25, 0.3) is 0 Å². The van der Waals surface area contributed by atoms with Crippen LogP contribution in [-0.4, -0.2) is 6.04 Å². The van der Waals surface area contributed by atoms with Gasteiger partial charge in [0.2, 0.25) is 0 Å². The summed E-state index contributed by atoms with van der Waals surface area (Å²) < 4.78 is 5.34. The molecule has 0 amide bonds. The summed E-state index contributed by atoms with van der Waals surface area (Å²) in [5, 5.41) is 3.47. The molecule has 0 aliphatic carbocycles. The Kier molecular flexibility index (Phi) is 3.86. The molecule has 2 rings (SSSR count). The molecule has 0 fully saturated rings. The van der Waals surface area contributed by atoms with Gasteiger partial charge in [-0.25, -0.2) is 0 Å². The Morgan fingerprint density at radius 1 is 1.18 bits per heavy atom. The number of furan rings is 1. The number of nitrogens with one attached hydrogen (secondary N) is 1. The van der Waals surface area contributed by atoms with Gasteiger partial charge < -0.3 is 9.73 Å². The van der Waals surface area contributed by atoms with Crippen molar-refractivity contribution in [1.82, 2.24) is 0 Å². The van der Waals surface area contributed by atoms with Crippen molar-refractivity contribution in [3.05, 3.63) is 54.0 Å². The smallest absolute Gasteiger partial charge is 0.105 e. The predicted octanol–water partition coefficient (Wildman–Crippen LogP) is 3.89. The van der Waals surface area contributed by atoms with Gasteiger partial charge in [0.05, 0.1) is 6.26 Å². The summed E-state index contributed by atoms with van der Waals surface area (Å²) in [6.45, 7) is 4.33. The second-order valence-corrected chi connectivity index (χ2v) is 4.38. The van der Waals surface area contributed by atoms with Gasteiger partial charge in [-0.1, -0.05) is 19.1 Å². The maximum absolute atomic E-state index is 5.34. The Bertz CT molecular complexity index is 430. The van der Waals surface area contributed by atoms with Gasteiger partial charge in [-0.3, -0.25) is 0 Å². The van der Waals surface area contributed by atoms with Crippen LogP contribution in [-0.2, 0) is 12.8 Å². The molecule has 0 radical (unpaired) electrons. The van der Waals surface area contributed by atoms with Gasteiger partial charge in [0, 0.05) is 18.2 Å². The van der Waals surface area contributed by atoms with Crippen LogP contribution in [0.4, 0.5) is 5.69 Å². The molecule has 0 aliphatic rings. The number of rotatable bonds is 5. The largest absolute Gasteiger partial charge is 0.469 e. The molecule has 2 aromatic rings. The zero-order chi connectivity index (χ0) is 12.1. The minimum absolute atomic E-state index is 0.369. The topological polar surface area (TPSA) is 25.2 Å².